The van der Waals surface area contributed by atoms with Crippen LogP contribution in [0.3, 0.4) is 0 Å². The van der Waals surface area contributed by atoms with E-state index in [0.29, 0.717) is 24.5 Å². The number of hydrogen-bond acceptors (Lipinski definition) is 4. The second-order valence-electron chi connectivity index (χ2n) is 4.50. The fourth-order valence-corrected chi connectivity index (χ4v) is 2.18. The summed E-state index contributed by atoms with van der Waals surface area (Å²) in [7, 11) is 3.23. The van der Waals surface area contributed by atoms with E-state index in [1.165, 1.54) is 0 Å². The van der Waals surface area contributed by atoms with Gasteiger partial charge in [-0.05, 0) is 17.7 Å². The number of carbonyl (C=O) groups is 1. The summed E-state index contributed by atoms with van der Waals surface area (Å²) in [6.45, 7) is 2.97. The van der Waals surface area contributed by atoms with E-state index in [1.807, 2.05) is 23.1 Å². The predicted molar refractivity (Wildman–Crippen MR) is 72.4 cm³/mol. The summed E-state index contributed by atoms with van der Waals surface area (Å²) in [6.07, 6.45) is 0.563. The lowest BCUT2D eigenvalue weighted by molar-refractivity contribution is -0.130. The Bertz CT molecular complexity index is 448. The molecule has 1 aliphatic heterocycles. The van der Waals surface area contributed by atoms with Gasteiger partial charge in [0.2, 0.25) is 5.91 Å². The van der Waals surface area contributed by atoms with E-state index >= 15 is 0 Å². The quantitative estimate of drug-likeness (QED) is 0.882. The molecule has 0 bridgehead atoms. The van der Waals surface area contributed by atoms with Crippen LogP contribution in [0.1, 0.15) is 12.0 Å². The molecule has 0 saturated carbocycles. The molecule has 1 N–H and O–H groups in total. The molecule has 104 valence electrons. The van der Waals surface area contributed by atoms with Gasteiger partial charge in [-0.3, -0.25) is 4.79 Å². The summed E-state index contributed by atoms with van der Waals surface area (Å²) < 4.78 is 10.5. The molecular weight excluding hydrogens is 244 g/mol. The molecule has 1 aromatic rings. The zero-order valence-corrected chi connectivity index (χ0v) is 11.4. The first-order valence-corrected chi connectivity index (χ1v) is 6.44. The highest BCUT2D eigenvalue weighted by atomic mass is 16.5. The van der Waals surface area contributed by atoms with Crippen molar-refractivity contribution in [2.75, 3.05) is 33.9 Å². The van der Waals surface area contributed by atoms with Crippen molar-refractivity contribution in [3.63, 3.8) is 0 Å². The number of methoxy groups -OCH3 is 2. The van der Waals surface area contributed by atoms with Crippen LogP contribution in [0, 0.1) is 0 Å². The molecule has 1 aromatic carbocycles. The number of amides is 1. The molecule has 0 aliphatic carbocycles. The Morgan fingerprint density at radius 1 is 1.21 bits per heavy atom. The number of ether oxygens (including phenoxy) is 2. The molecule has 1 fully saturated rings. The van der Waals surface area contributed by atoms with Crippen LogP contribution in [-0.2, 0) is 11.3 Å². The van der Waals surface area contributed by atoms with E-state index in [0.717, 1.165) is 25.2 Å². The normalized spacial score (nSPS) is 16.1. The van der Waals surface area contributed by atoms with Crippen molar-refractivity contribution in [1.82, 2.24) is 10.2 Å². The van der Waals surface area contributed by atoms with Gasteiger partial charge >= 0.3 is 0 Å². The van der Waals surface area contributed by atoms with Gasteiger partial charge in [0.15, 0.2) is 11.5 Å². The SMILES string of the molecule is COc1ccc(CN2CCNCCC2=O)cc1OC. The summed E-state index contributed by atoms with van der Waals surface area (Å²) in [5.74, 6) is 1.59. The van der Waals surface area contributed by atoms with Crippen molar-refractivity contribution in [2.24, 2.45) is 0 Å². The average molecular weight is 264 g/mol. The Hall–Kier alpha value is -1.75. The molecule has 1 amide bonds. The summed E-state index contributed by atoms with van der Waals surface area (Å²) >= 11 is 0. The van der Waals surface area contributed by atoms with Crippen LogP contribution in [0.2, 0.25) is 0 Å². The third-order valence-electron chi connectivity index (χ3n) is 3.25. The highest BCUT2D eigenvalue weighted by Crippen LogP contribution is 2.28. The number of hydrogen-bond donors (Lipinski definition) is 1. The van der Waals surface area contributed by atoms with E-state index < -0.39 is 0 Å². The maximum absolute atomic E-state index is 11.9. The summed E-state index contributed by atoms with van der Waals surface area (Å²) in [4.78, 5) is 13.8. The third kappa shape index (κ3) is 3.38. The minimum Gasteiger partial charge on any atom is -0.493 e. The minimum absolute atomic E-state index is 0.194. The molecule has 1 aliphatic rings. The number of nitrogens with zero attached hydrogens (tertiary/aromatic N) is 1. The Morgan fingerprint density at radius 3 is 2.74 bits per heavy atom. The van der Waals surface area contributed by atoms with Crippen LogP contribution in [0.4, 0.5) is 0 Å². The van der Waals surface area contributed by atoms with Crippen molar-refractivity contribution in [2.45, 2.75) is 13.0 Å². The van der Waals surface area contributed by atoms with Crippen LogP contribution in [0.15, 0.2) is 18.2 Å². The molecule has 19 heavy (non-hydrogen) atoms. The van der Waals surface area contributed by atoms with Gasteiger partial charge in [0.05, 0.1) is 14.2 Å². The Labute approximate surface area is 113 Å². The van der Waals surface area contributed by atoms with Gasteiger partial charge in [0, 0.05) is 32.6 Å². The fourth-order valence-electron chi connectivity index (χ4n) is 2.18. The highest BCUT2D eigenvalue weighted by molar-refractivity contribution is 5.76. The third-order valence-corrected chi connectivity index (χ3v) is 3.25. The second-order valence-corrected chi connectivity index (χ2v) is 4.50. The molecule has 5 heteroatoms. The number of benzene rings is 1. The molecule has 1 heterocycles. The van der Waals surface area contributed by atoms with Gasteiger partial charge in [0.25, 0.3) is 0 Å². The van der Waals surface area contributed by atoms with Crippen LogP contribution in [0.5, 0.6) is 11.5 Å². The summed E-state index contributed by atoms with van der Waals surface area (Å²) in [5.41, 5.74) is 1.05. The number of rotatable bonds is 4. The molecule has 5 nitrogen and oxygen atoms in total. The van der Waals surface area contributed by atoms with Crippen molar-refractivity contribution in [3.8, 4) is 11.5 Å². The average Bonchev–Trinajstić information content (AvgIpc) is 2.64. The van der Waals surface area contributed by atoms with Gasteiger partial charge in [-0.25, -0.2) is 0 Å². The first-order chi connectivity index (χ1) is 9.24. The Morgan fingerprint density at radius 2 is 2.00 bits per heavy atom. The van der Waals surface area contributed by atoms with E-state index in [2.05, 4.69) is 5.32 Å². The van der Waals surface area contributed by atoms with Crippen molar-refractivity contribution < 1.29 is 14.3 Å². The number of carbonyl (C=O) groups excluding carboxylic acids is 1. The Balaban J connectivity index is 2.11. The monoisotopic (exact) mass is 264 g/mol. The predicted octanol–water partition coefficient (Wildman–Crippen LogP) is 1.03. The lowest BCUT2D eigenvalue weighted by atomic mass is 10.2. The molecule has 0 unspecified atom stereocenters. The molecule has 2 rings (SSSR count). The molecule has 1 saturated heterocycles. The molecule has 0 spiro atoms. The van der Waals surface area contributed by atoms with Gasteiger partial charge < -0.3 is 19.7 Å². The Kier molecular flexibility index (Phi) is 4.63. The maximum Gasteiger partial charge on any atom is 0.224 e. The lowest BCUT2D eigenvalue weighted by Gasteiger charge is -2.20. The standard InChI is InChI=1S/C14H20N2O3/c1-18-12-4-3-11(9-13(12)19-2)10-16-8-7-15-6-5-14(16)17/h3-4,9,15H,5-8,10H2,1-2H3. The van der Waals surface area contributed by atoms with Crippen LogP contribution >= 0.6 is 0 Å². The first-order valence-electron chi connectivity index (χ1n) is 6.44. The van der Waals surface area contributed by atoms with E-state index in [-0.39, 0.29) is 5.91 Å². The van der Waals surface area contributed by atoms with Gasteiger partial charge in [-0.1, -0.05) is 6.07 Å². The first kappa shape index (κ1) is 13.7. The fraction of sp³-hybridized carbons (Fsp3) is 0.500. The zero-order valence-electron chi connectivity index (χ0n) is 11.4. The van der Waals surface area contributed by atoms with Gasteiger partial charge in [0.1, 0.15) is 0 Å². The topological polar surface area (TPSA) is 50.8 Å². The zero-order chi connectivity index (χ0) is 13.7. The van der Waals surface area contributed by atoms with E-state index in [1.54, 1.807) is 14.2 Å². The second kappa shape index (κ2) is 6.43. The molecule has 0 atom stereocenters. The molecular formula is C14H20N2O3. The van der Waals surface area contributed by atoms with Crippen LogP contribution < -0.4 is 14.8 Å². The van der Waals surface area contributed by atoms with Gasteiger partial charge in [-0.2, -0.15) is 0 Å². The number of nitrogens with one attached hydrogen (secondary N) is 1. The largest absolute Gasteiger partial charge is 0.493 e. The molecule has 0 radical (unpaired) electrons. The van der Waals surface area contributed by atoms with E-state index in [9.17, 15) is 4.79 Å². The minimum atomic E-state index is 0.194. The van der Waals surface area contributed by atoms with Crippen LogP contribution in [-0.4, -0.2) is 44.7 Å². The smallest absolute Gasteiger partial charge is 0.224 e. The van der Waals surface area contributed by atoms with E-state index in [4.69, 9.17) is 9.47 Å². The lowest BCUT2D eigenvalue weighted by Crippen LogP contribution is -2.31. The summed E-state index contributed by atoms with van der Waals surface area (Å²) in [5, 5.41) is 3.23. The van der Waals surface area contributed by atoms with Gasteiger partial charge in [-0.15, -0.1) is 0 Å². The highest BCUT2D eigenvalue weighted by Gasteiger charge is 2.17. The van der Waals surface area contributed by atoms with Crippen molar-refractivity contribution in [1.29, 1.82) is 0 Å². The van der Waals surface area contributed by atoms with Crippen molar-refractivity contribution >= 4 is 5.91 Å². The maximum atomic E-state index is 11.9. The van der Waals surface area contributed by atoms with Crippen molar-refractivity contribution in [3.05, 3.63) is 23.8 Å². The molecule has 0 aromatic heterocycles. The van der Waals surface area contributed by atoms with Crippen LogP contribution in [0.25, 0.3) is 0 Å². The summed E-state index contributed by atoms with van der Waals surface area (Å²) in [6, 6.07) is 5.76.